The fraction of sp³-hybridized carbons (Fsp3) is 0.481. The Balaban J connectivity index is 1.88. The first-order chi connectivity index (χ1) is 16.9. The van der Waals surface area contributed by atoms with Crippen LogP contribution in [-0.4, -0.2) is 50.0 Å². The van der Waals surface area contributed by atoms with Crippen molar-refractivity contribution in [1.29, 1.82) is 0 Å². The van der Waals surface area contributed by atoms with Gasteiger partial charge in [-0.15, -0.1) is 0 Å². The van der Waals surface area contributed by atoms with Crippen LogP contribution in [-0.2, 0) is 26.2 Å². The third-order valence-corrected chi connectivity index (χ3v) is 7.70. The van der Waals surface area contributed by atoms with Gasteiger partial charge in [0, 0.05) is 12.6 Å². The summed E-state index contributed by atoms with van der Waals surface area (Å²) >= 11 is 0. The van der Waals surface area contributed by atoms with E-state index in [1.54, 1.807) is 31.2 Å². The maximum absolute atomic E-state index is 13.6. The summed E-state index contributed by atoms with van der Waals surface area (Å²) in [6.07, 6.45) is 6.11. The number of benzene rings is 2. The Kier molecular flexibility index (Phi) is 9.11. The van der Waals surface area contributed by atoms with Gasteiger partial charge in [-0.05, 0) is 74.6 Å². The molecule has 0 radical (unpaired) electrons. The first-order valence-electron chi connectivity index (χ1n) is 12.3. The first-order valence-corrected chi connectivity index (χ1v) is 14.2. The number of carbonyl (C=O) groups is 2. The molecule has 1 N–H and O–H groups in total. The van der Waals surface area contributed by atoms with E-state index in [0.29, 0.717) is 11.3 Å². The van der Waals surface area contributed by atoms with Gasteiger partial charge >= 0.3 is 0 Å². The second-order valence-electron chi connectivity index (χ2n) is 9.78. The molecule has 2 aromatic carbocycles. The lowest BCUT2D eigenvalue weighted by atomic mass is 9.95. The van der Waals surface area contributed by atoms with Crippen molar-refractivity contribution >= 4 is 27.5 Å². The molecule has 0 saturated heterocycles. The molecule has 2 aromatic rings. The second kappa shape index (κ2) is 11.9. The van der Waals surface area contributed by atoms with Gasteiger partial charge in [0.15, 0.2) is 0 Å². The molecule has 7 nitrogen and oxygen atoms in total. The Morgan fingerprint density at radius 1 is 1.03 bits per heavy atom. The number of anilines is 1. The van der Waals surface area contributed by atoms with Gasteiger partial charge in [-0.1, -0.05) is 37.5 Å². The molecule has 3 rings (SSSR count). The molecule has 196 valence electrons. The van der Waals surface area contributed by atoms with Crippen LogP contribution >= 0.6 is 0 Å². The smallest absolute Gasteiger partial charge is 0.244 e. The van der Waals surface area contributed by atoms with Crippen LogP contribution in [0.1, 0.15) is 55.7 Å². The standard InChI is InChI=1S/C27H36FN3O4S/c1-19-14-20(2)16-25(15-19)31(36(4,34)35)18-26(32)30(17-22-10-12-23(28)13-11-22)21(3)27(33)29-24-8-6-5-7-9-24/h10-16,21,24H,5-9,17-18H2,1-4H3,(H,29,33). The van der Waals surface area contributed by atoms with Crippen molar-refractivity contribution in [3.63, 3.8) is 0 Å². The van der Waals surface area contributed by atoms with E-state index >= 15 is 0 Å². The lowest BCUT2D eigenvalue weighted by molar-refractivity contribution is -0.139. The molecule has 0 bridgehead atoms. The summed E-state index contributed by atoms with van der Waals surface area (Å²) in [6.45, 7) is 4.95. The minimum atomic E-state index is -3.79. The van der Waals surface area contributed by atoms with Crippen LogP contribution in [0.4, 0.5) is 10.1 Å². The highest BCUT2D eigenvalue weighted by Gasteiger charge is 2.31. The van der Waals surface area contributed by atoms with Crippen LogP contribution in [0.2, 0.25) is 0 Å². The van der Waals surface area contributed by atoms with Gasteiger partial charge < -0.3 is 10.2 Å². The number of aryl methyl sites for hydroxylation is 2. The molecule has 1 aliphatic rings. The average Bonchev–Trinajstić information content (AvgIpc) is 2.80. The van der Waals surface area contributed by atoms with Crippen LogP contribution in [0.25, 0.3) is 0 Å². The third kappa shape index (κ3) is 7.53. The Hall–Kier alpha value is -2.94. The Bertz CT molecular complexity index is 1160. The Morgan fingerprint density at radius 2 is 1.61 bits per heavy atom. The minimum absolute atomic E-state index is 0.0445. The molecule has 9 heteroatoms. The van der Waals surface area contributed by atoms with Crippen molar-refractivity contribution < 1.29 is 22.4 Å². The highest BCUT2D eigenvalue weighted by molar-refractivity contribution is 7.92. The summed E-state index contributed by atoms with van der Waals surface area (Å²) in [5.41, 5.74) is 2.77. The van der Waals surface area contributed by atoms with Crippen LogP contribution in [0, 0.1) is 19.7 Å². The highest BCUT2D eigenvalue weighted by Crippen LogP contribution is 2.23. The molecule has 0 aliphatic heterocycles. The summed E-state index contributed by atoms with van der Waals surface area (Å²) in [5.74, 6) is -1.21. The number of hydrogen-bond donors (Lipinski definition) is 1. The predicted octanol–water partition coefficient (Wildman–Crippen LogP) is 4.07. The molecule has 0 aromatic heterocycles. The summed E-state index contributed by atoms with van der Waals surface area (Å²) in [5, 5.41) is 3.05. The van der Waals surface area contributed by atoms with E-state index in [1.165, 1.54) is 17.0 Å². The van der Waals surface area contributed by atoms with Gasteiger partial charge in [-0.3, -0.25) is 13.9 Å². The zero-order valence-corrected chi connectivity index (χ0v) is 22.3. The van der Waals surface area contributed by atoms with E-state index in [2.05, 4.69) is 5.32 Å². The van der Waals surface area contributed by atoms with Crippen LogP contribution in [0.15, 0.2) is 42.5 Å². The average molecular weight is 518 g/mol. The number of carbonyl (C=O) groups excluding carboxylic acids is 2. The number of nitrogens with one attached hydrogen (secondary N) is 1. The van der Waals surface area contributed by atoms with E-state index in [1.807, 2.05) is 19.9 Å². The second-order valence-corrected chi connectivity index (χ2v) is 11.7. The molecule has 36 heavy (non-hydrogen) atoms. The van der Waals surface area contributed by atoms with Crippen molar-refractivity contribution in [1.82, 2.24) is 10.2 Å². The molecular weight excluding hydrogens is 481 g/mol. The summed E-state index contributed by atoms with van der Waals surface area (Å²) in [6, 6.07) is 10.3. The van der Waals surface area contributed by atoms with Crippen molar-refractivity contribution in [2.24, 2.45) is 0 Å². The fourth-order valence-corrected chi connectivity index (χ4v) is 5.48. The summed E-state index contributed by atoms with van der Waals surface area (Å²) in [4.78, 5) is 28.1. The SMILES string of the molecule is Cc1cc(C)cc(N(CC(=O)N(Cc2ccc(F)cc2)C(C)C(=O)NC2CCCCC2)S(C)(=O)=O)c1. The molecule has 1 fully saturated rings. The summed E-state index contributed by atoms with van der Waals surface area (Å²) in [7, 11) is -3.79. The van der Waals surface area contributed by atoms with Crippen LogP contribution in [0.3, 0.4) is 0 Å². The number of rotatable bonds is 9. The molecule has 0 heterocycles. The Morgan fingerprint density at radius 3 is 2.17 bits per heavy atom. The number of halogens is 1. The normalized spacial score (nSPS) is 15.2. The minimum Gasteiger partial charge on any atom is -0.352 e. The molecule has 1 unspecified atom stereocenters. The van der Waals surface area contributed by atoms with Gasteiger partial charge in [0.2, 0.25) is 21.8 Å². The number of sulfonamides is 1. The number of hydrogen-bond acceptors (Lipinski definition) is 4. The number of nitrogens with zero attached hydrogens (tertiary/aromatic N) is 2. The van der Waals surface area contributed by atoms with E-state index in [-0.39, 0.29) is 18.5 Å². The van der Waals surface area contributed by atoms with E-state index in [0.717, 1.165) is 53.8 Å². The molecule has 1 aliphatic carbocycles. The predicted molar refractivity (Wildman–Crippen MR) is 140 cm³/mol. The molecule has 1 saturated carbocycles. The van der Waals surface area contributed by atoms with E-state index in [9.17, 15) is 22.4 Å². The van der Waals surface area contributed by atoms with Gasteiger partial charge in [-0.2, -0.15) is 0 Å². The van der Waals surface area contributed by atoms with Crippen molar-refractivity contribution in [2.45, 2.75) is 71.5 Å². The molecular formula is C27H36FN3O4S. The maximum Gasteiger partial charge on any atom is 0.244 e. The number of amides is 2. The largest absolute Gasteiger partial charge is 0.352 e. The van der Waals surface area contributed by atoms with Crippen LogP contribution in [0.5, 0.6) is 0 Å². The topological polar surface area (TPSA) is 86.8 Å². The van der Waals surface area contributed by atoms with Crippen molar-refractivity contribution in [2.75, 3.05) is 17.1 Å². The monoisotopic (exact) mass is 517 g/mol. The highest BCUT2D eigenvalue weighted by atomic mass is 32.2. The van der Waals surface area contributed by atoms with E-state index < -0.39 is 34.3 Å². The lowest BCUT2D eigenvalue weighted by Gasteiger charge is -2.33. The van der Waals surface area contributed by atoms with Gasteiger partial charge in [0.05, 0.1) is 11.9 Å². The zero-order valence-electron chi connectivity index (χ0n) is 21.5. The Labute approximate surface area is 213 Å². The lowest BCUT2D eigenvalue weighted by Crippen LogP contribution is -2.53. The van der Waals surface area contributed by atoms with Gasteiger partial charge in [-0.25, -0.2) is 12.8 Å². The van der Waals surface area contributed by atoms with Crippen LogP contribution < -0.4 is 9.62 Å². The fourth-order valence-electron chi connectivity index (χ4n) is 4.65. The molecule has 1 atom stereocenters. The third-order valence-electron chi connectivity index (χ3n) is 6.56. The van der Waals surface area contributed by atoms with Gasteiger partial charge in [0.25, 0.3) is 0 Å². The van der Waals surface area contributed by atoms with Gasteiger partial charge in [0.1, 0.15) is 18.4 Å². The first kappa shape index (κ1) is 27.6. The van der Waals surface area contributed by atoms with Crippen molar-refractivity contribution in [3.8, 4) is 0 Å². The quantitative estimate of drug-likeness (QED) is 0.543. The molecule has 2 amide bonds. The molecule has 0 spiro atoms. The van der Waals surface area contributed by atoms with E-state index in [4.69, 9.17) is 0 Å². The maximum atomic E-state index is 13.6. The van der Waals surface area contributed by atoms with Crippen molar-refractivity contribution in [3.05, 3.63) is 65.0 Å². The summed E-state index contributed by atoms with van der Waals surface area (Å²) < 4.78 is 40.0. The zero-order chi connectivity index (χ0) is 26.5.